The van der Waals surface area contributed by atoms with E-state index in [1.807, 2.05) is 54.6 Å². The molecule has 10 rings (SSSR count). The summed E-state index contributed by atoms with van der Waals surface area (Å²) in [7, 11) is 0. The van der Waals surface area contributed by atoms with E-state index in [1.54, 1.807) is 0 Å². The third-order valence-electron chi connectivity index (χ3n) is 10.9. The smallest absolute Gasteiger partial charge is 0.160 e. The fourth-order valence-electron chi connectivity index (χ4n) is 8.17. The zero-order valence-corrected chi connectivity index (χ0v) is 30.4. The van der Waals surface area contributed by atoms with Crippen molar-refractivity contribution in [3.05, 3.63) is 187 Å². The van der Waals surface area contributed by atoms with E-state index in [9.17, 15) is 5.26 Å². The average Bonchev–Trinajstić information content (AvgIpc) is 3.58. The Hall–Kier alpha value is -7.29. The Morgan fingerprint density at radius 3 is 1.78 bits per heavy atom. The van der Waals surface area contributed by atoms with Gasteiger partial charge in [0.15, 0.2) is 5.82 Å². The van der Waals surface area contributed by atoms with E-state index < -0.39 is 5.41 Å². The molecule has 0 unspecified atom stereocenters. The highest BCUT2D eigenvalue weighted by Crippen LogP contribution is 2.50. The Morgan fingerprint density at radius 1 is 0.527 bits per heavy atom. The molecule has 0 bridgehead atoms. The Bertz CT molecular complexity index is 2920. The van der Waals surface area contributed by atoms with Gasteiger partial charge in [0.2, 0.25) is 0 Å². The minimum Gasteiger partial charge on any atom is -0.457 e. The van der Waals surface area contributed by atoms with Gasteiger partial charge in [-0.2, -0.15) is 5.26 Å². The molecule has 1 aliphatic rings. The molecule has 0 saturated carbocycles. The van der Waals surface area contributed by atoms with Crippen molar-refractivity contribution >= 4 is 21.8 Å². The lowest BCUT2D eigenvalue weighted by molar-refractivity contribution is 0.417. The third kappa shape index (κ3) is 5.38. The van der Waals surface area contributed by atoms with E-state index in [-0.39, 0.29) is 0 Å². The SMILES string of the molecule is CC1(C)c2cc(-c3cc(-c4ccc(-c5ccc(-n6c7ccccc7c7ccccc76)cc5)cc4)nc(-c4ccccc4)n3)ccc2Oc2cccc(C#N)c21. The Balaban J connectivity index is 1.01. The second-order valence-corrected chi connectivity index (χ2v) is 14.6. The Labute approximate surface area is 319 Å². The summed E-state index contributed by atoms with van der Waals surface area (Å²) < 4.78 is 8.70. The van der Waals surface area contributed by atoms with E-state index >= 15 is 0 Å². The highest BCUT2D eigenvalue weighted by atomic mass is 16.5. The van der Waals surface area contributed by atoms with Crippen molar-refractivity contribution in [3.8, 4) is 68.3 Å². The minimum absolute atomic E-state index is 0.457. The molecule has 5 heteroatoms. The van der Waals surface area contributed by atoms with Crippen LogP contribution in [-0.2, 0) is 5.41 Å². The van der Waals surface area contributed by atoms with E-state index in [0.717, 1.165) is 67.5 Å². The van der Waals surface area contributed by atoms with Crippen LogP contribution in [0, 0.1) is 11.3 Å². The molecule has 0 radical (unpaired) electrons. The zero-order valence-electron chi connectivity index (χ0n) is 30.4. The molecule has 0 N–H and O–H groups in total. The van der Waals surface area contributed by atoms with Crippen LogP contribution in [0.3, 0.4) is 0 Å². The average molecular weight is 707 g/mol. The maximum atomic E-state index is 9.95. The molecule has 2 aromatic heterocycles. The van der Waals surface area contributed by atoms with Gasteiger partial charge in [-0.15, -0.1) is 0 Å². The molecule has 0 spiro atoms. The third-order valence-corrected chi connectivity index (χ3v) is 10.9. The highest BCUT2D eigenvalue weighted by Gasteiger charge is 2.36. The van der Waals surface area contributed by atoms with Crippen molar-refractivity contribution in [2.45, 2.75) is 19.3 Å². The van der Waals surface area contributed by atoms with E-state index in [4.69, 9.17) is 14.7 Å². The van der Waals surface area contributed by atoms with Gasteiger partial charge in [0, 0.05) is 49.7 Å². The van der Waals surface area contributed by atoms with Crippen molar-refractivity contribution < 1.29 is 4.74 Å². The first kappa shape index (κ1) is 32.4. The maximum absolute atomic E-state index is 9.95. The molecule has 7 aromatic carbocycles. The van der Waals surface area contributed by atoms with Crippen molar-refractivity contribution in [3.63, 3.8) is 0 Å². The van der Waals surface area contributed by atoms with Crippen LogP contribution in [0.1, 0.15) is 30.5 Å². The lowest BCUT2D eigenvalue weighted by Gasteiger charge is -2.35. The topological polar surface area (TPSA) is 63.7 Å². The van der Waals surface area contributed by atoms with Crippen molar-refractivity contribution in [1.29, 1.82) is 5.26 Å². The lowest BCUT2D eigenvalue weighted by atomic mass is 9.73. The maximum Gasteiger partial charge on any atom is 0.160 e. The van der Waals surface area contributed by atoms with Crippen LogP contribution in [0.25, 0.3) is 72.5 Å². The van der Waals surface area contributed by atoms with Crippen LogP contribution in [-0.4, -0.2) is 14.5 Å². The Morgan fingerprint density at radius 2 is 1.11 bits per heavy atom. The molecule has 0 saturated heterocycles. The van der Waals surface area contributed by atoms with Crippen LogP contribution < -0.4 is 4.74 Å². The largest absolute Gasteiger partial charge is 0.457 e. The zero-order chi connectivity index (χ0) is 37.1. The number of aromatic nitrogens is 3. The van der Waals surface area contributed by atoms with Gasteiger partial charge in [-0.1, -0.05) is 123 Å². The molecule has 55 heavy (non-hydrogen) atoms. The van der Waals surface area contributed by atoms with Gasteiger partial charge < -0.3 is 9.30 Å². The van der Waals surface area contributed by atoms with E-state index in [0.29, 0.717) is 11.4 Å². The molecule has 1 aliphatic heterocycles. The van der Waals surface area contributed by atoms with Crippen molar-refractivity contribution in [1.82, 2.24) is 14.5 Å². The molecule has 0 amide bonds. The van der Waals surface area contributed by atoms with Crippen molar-refractivity contribution in [2.24, 2.45) is 0 Å². The number of rotatable bonds is 5. The summed E-state index contributed by atoms with van der Waals surface area (Å²) in [6.45, 7) is 4.30. The number of nitriles is 1. The van der Waals surface area contributed by atoms with Crippen molar-refractivity contribution in [2.75, 3.05) is 0 Å². The first-order valence-corrected chi connectivity index (χ1v) is 18.5. The van der Waals surface area contributed by atoms with Crippen LogP contribution in [0.15, 0.2) is 170 Å². The fraction of sp³-hybridized carbons (Fsp3) is 0.0600. The minimum atomic E-state index is -0.457. The van der Waals surface area contributed by atoms with Crippen LogP contribution in [0.2, 0.25) is 0 Å². The lowest BCUT2D eigenvalue weighted by Crippen LogP contribution is -2.25. The monoisotopic (exact) mass is 706 g/mol. The summed E-state index contributed by atoms with van der Waals surface area (Å²) in [4.78, 5) is 10.2. The molecule has 0 fully saturated rings. The number of nitrogens with zero attached hydrogens (tertiary/aromatic N) is 4. The second-order valence-electron chi connectivity index (χ2n) is 14.6. The van der Waals surface area contributed by atoms with Gasteiger partial charge in [0.1, 0.15) is 11.5 Å². The second kappa shape index (κ2) is 12.7. The predicted molar refractivity (Wildman–Crippen MR) is 221 cm³/mol. The Kier molecular flexibility index (Phi) is 7.47. The molecular weight excluding hydrogens is 673 g/mol. The molecule has 5 nitrogen and oxygen atoms in total. The van der Waals surface area contributed by atoms with E-state index in [2.05, 4.69) is 140 Å². The number of hydrogen-bond acceptors (Lipinski definition) is 4. The summed E-state index contributed by atoms with van der Waals surface area (Å²) in [5.74, 6) is 2.17. The number of benzene rings is 7. The van der Waals surface area contributed by atoms with Gasteiger partial charge in [-0.3, -0.25) is 0 Å². The summed E-state index contributed by atoms with van der Waals surface area (Å²) in [6.07, 6.45) is 0. The first-order valence-electron chi connectivity index (χ1n) is 18.5. The quantitative estimate of drug-likeness (QED) is 0.179. The number of para-hydroxylation sites is 2. The summed E-state index contributed by atoms with van der Waals surface area (Å²) in [5, 5.41) is 12.5. The van der Waals surface area contributed by atoms with Crippen LogP contribution in [0.4, 0.5) is 0 Å². The summed E-state index contributed by atoms with van der Waals surface area (Å²) in [5.41, 5.74) is 12.4. The molecule has 260 valence electrons. The molecule has 3 heterocycles. The van der Waals surface area contributed by atoms with Gasteiger partial charge in [-0.25, -0.2) is 9.97 Å². The normalized spacial score (nSPS) is 12.8. The van der Waals surface area contributed by atoms with Gasteiger partial charge in [0.25, 0.3) is 0 Å². The predicted octanol–water partition coefficient (Wildman–Crippen LogP) is 12.5. The summed E-state index contributed by atoms with van der Waals surface area (Å²) in [6, 6.07) is 61.0. The summed E-state index contributed by atoms with van der Waals surface area (Å²) >= 11 is 0. The molecule has 0 aliphatic carbocycles. The molecular formula is C50H34N4O. The first-order chi connectivity index (χ1) is 27.0. The highest BCUT2D eigenvalue weighted by molar-refractivity contribution is 6.09. The molecule has 0 atom stereocenters. The standard InChI is InChI=1S/C50H34N4O/c1-50(2)41-29-36(25-28-46(41)55-47-18-10-13-37(31-51)48(47)50)43-30-42(52-49(53-43)35-11-4-3-5-12-35)34-21-19-32(20-22-34)33-23-26-38(27-24-33)54-44-16-8-6-14-39(44)40-15-7-9-17-45(40)54/h3-30H,1-2H3. The van der Waals surface area contributed by atoms with Crippen LogP contribution in [0.5, 0.6) is 11.5 Å². The number of hydrogen-bond donors (Lipinski definition) is 0. The van der Waals surface area contributed by atoms with Gasteiger partial charge in [0.05, 0.1) is 34.1 Å². The van der Waals surface area contributed by atoms with Crippen LogP contribution >= 0.6 is 0 Å². The molecule has 9 aromatic rings. The van der Waals surface area contributed by atoms with Gasteiger partial charge >= 0.3 is 0 Å². The number of ether oxygens (including phenoxy) is 1. The van der Waals surface area contributed by atoms with E-state index in [1.165, 1.54) is 21.8 Å². The fourth-order valence-corrected chi connectivity index (χ4v) is 8.17. The number of fused-ring (bicyclic) bond motifs is 5. The van der Waals surface area contributed by atoms with Gasteiger partial charge in [-0.05, 0) is 71.8 Å².